The van der Waals surface area contributed by atoms with Gasteiger partial charge in [-0.1, -0.05) is 6.07 Å². The first-order chi connectivity index (χ1) is 18.4. The number of nitrogens with zero attached hydrogens (tertiary/aromatic N) is 6. The van der Waals surface area contributed by atoms with Gasteiger partial charge in [0.05, 0.1) is 17.6 Å². The van der Waals surface area contributed by atoms with E-state index in [1.54, 1.807) is 4.52 Å². The van der Waals surface area contributed by atoms with Crippen LogP contribution in [-0.4, -0.2) is 64.2 Å². The molecule has 3 aliphatic rings. The molecule has 1 saturated carbocycles. The predicted molar refractivity (Wildman–Crippen MR) is 142 cm³/mol. The number of nitrogens with two attached hydrogens (primary N) is 1. The van der Waals surface area contributed by atoms with E-state index >= 15 is 0 Å². The van der Waals surface area contributed by atoms with Crippen LogP contribution in [0, 0.1) is 13.8 Å². The minimum Gasteiger partial charge on any atom is -0.387 e. The van der Waals surface area contributed by atoms with Crippen molar-refractivity contribution in [1.82, 2.24) is 34.4 Å². The van der Waals surface area contributed by atoms with Crippen molar-refractivity contribution in [3.8, 4) is 22.6 Å². The molecule has 6 heterocycles. The van der Waals surface area contributed by atoms with Crippen LogP contribution in [0.2, 0.25) is 0 Å². The van der Waals surface area contributed by atoms with Crippen molar-refractivity contribution in [2.24, 2.45) is 0 Å². The second kappa shape index (κ2) is 8.62. The van der Waals surface area contributed by atoms with Gasteiger partial charge in [-0.3, -0.25) is 9.78 Å². The number of nitrogens with one attached hydrogen (secondary N) is 1. The number of imidazole rings is 1. The number of hydrogen-bond acceptors (Lipinski definition) is 7. The number of H-pyrrole nitrogens is 1. The van der Waals surface area contributed by atoms with Gasteiger partial charge in [0.1, 0.15) is 18.1 Å². The third-order valence-electron chi connectivity index (χ3n) is 8.72. The minimum absolute atomic E-state index is 0.153. The summed E-state index contributed by atoms with van der Waals surface area (Å²) in [6, 6.07) is 4.29. The van der Waals surface area contributed by atoms with Crippen LogP contribution in [0.1, 0.15) is 73.0 Å². The first-order valence-electron chi connectivity index (χ1n) is 13.5. The average Bonchev–Trinajstić information content (AvgIpc) is 3.49. The second-order valence-electron chi connectivity index (χ2n) is 11.1. The molecule has 3 atom stereocenters. The molecule has 3 fully saturated rings. The molecule has 2 saturated heterocycles. The van der Waals surface area contributed by atoms with Gasteiger partial charge in [0.25, 0.3) is 0 Å². The summed E-state index contributed by atoms with van der Waals surface area (Å²) in [6.07, 6.45) is 9.56. The van der Waals surface area contributed by atoms with Gasteiger partial charge in [0.15, 0.2) is 11.5 Å². The number of carbonyl (C=O) groups is 1. The fraction of sp³-hybridized carbons (Fsp3) is 0.464. The number of rotatable bonds is 5. The number of nitrogen functional groups attached to an aromatic ring is 1. The highest BCUT2D eigenvalue weighted by molar-refractivity contribution is 5.80. The van der Waals surface area contributed by atoms with Crippen LogP contribution in [0.15, 0.2) is 24.5 Å². The van der Waals surface area contributed by atoms with E-state index in [9.17, 15) is 9.90 Å². The Morgan fingerprint density at radius 1 is 1.08 bits per heavy atom. The second-order valence-corrected chi connectivity index (χ2v) is 11.1. The molecular weight excluding hydrogens is 480 g/mol. The van der Waals surface area contributed by atoms with E-state index in [1.807, 2.05) is 43.3 Å². The third-order valence-corrected chi connectivity index (χ3v) is 8.72. The Balaban J connectivity index is 1.27. The van der Waals surface area contributed by atoms with Gasteiger partial charge >= 0.3 is 0 Å². The van der Waals surface area contributed by atoms with Crippen LogP contribution in [0.3, 0.4) is 0 Å². The van der Waals surface area contributed by atoms with Crippen molar-refractivity contribution in [2.45, 2.75) is 76.3 Å². The number of pyridine rings is 1. The monoisotopic (exact) mass is 512 g/mol. The van der Waals surface area contributed by atoms with Gasteiger partial charge in [-0.15, -0.1) is 0 Å². The summed E-state index contributed by atoms with van der Waals surface area (Å²) in [5, 5.41) is 14.1. The van der Waals surface area contributed by atoms with Crippen molar-refractivity contribution < 1.29 is 9.90 Å². The number of aryl methyl sites for hydroxylation is 2. The van der Waals surface area contributed by atoms with E-state index in [-0.39, 0.29) is 23.9 Å². The summed E-state index contributed by atoms with van der Waals surface area (Å²) in [5.74, 6) is 1.92. The summed E-state index contributed by atoms with van der Waals surface area (Å²) < 4.78 is 1.78. The largest absolute Gasteiger partial charge is 0.387 e. The number of aliphatic hydroxyl groups excluding tert-OH is 1. The molecule has 1 amide bonds. The zero-order valence-corrected chi connectivity index (χ0v) is 21.7. The number of carbonyl (C=O) groups excluding carboxylic acids is 1. The lowest BCUT2D eigenvalue weighted by atomic mass is 9.85. The number of fused-ring (bicyclic) bond motifs is 3. The third kappa shape index (κ3) is 3.61. The average molecular weight is 513 g/mol. The standard InChI is InChI=1S/C28H32N8O2/c1-14-15(2)33-27(32-14)22-8-5-17(11-30-22)21-12-31-36-26(29)24(16-3-4-16)25(34-28(21)36)18-9-19-6-7-20(10-18)35(19)23(38)13-37/h5,8,11-12,16,18-20,37H,3-4,6-7,9-10,13,29H2,1-2H3,(H,32,33)/t18?,19-,20?/m1/s1. The van der Waals surface area contributed by atoms with Crippen LogP contribution in [0.5, 0.6) is 0 Å². The Kier molecular flexibility index (Phi) is 5.30. The van der Waals surface area contributed by atoms with Crippen LogP contribution in [0.4, 0.5) is 5.82 Å². The summed E-state index contributed by atoms with van der Waals surface area (Å²) in [6.45, 7) is 3.56. The number of aromatic amines is 1. The fourth-order valence-electron chi connectivity index (χ4n) is 6.60. The molecule has 4 aromatic heterocycles. The van der Waals surface area contributed by atoms with E-state index in [0.29, 0.717) is 11.7 Å². The lowest BCUT2D eigenvalue weighted by Crippen LogP contribution is -2.47. The maximum atomic E-state index is 12.4. The Labute approximate surface area is 220 Å². The van der Waals surface area contributed by atoms with Gasteiger partial charge < -0.3 is 20.7 Å². The van der Waals surface area contributed by atoms with E-state index in [1.165, 1.54) is 0 Å². The Morgan fingerprint density at radius 3 is 2.45 bits per heavy atom. The molecule has 38 heavy (non-hydrogen) atoms. The molecule has 10 nitrogen and oxygen atoms in total. The maximum absolute atomic E-state index is 12.4. The molecule has 10 heteroatoms. The molecule has 196 valence electrons. The van der Waals surface area contributed by atoms with Gasteiger partial charge in [-0.05, 0) is 64.4 Å². The Hall–Kier alpha value is -3.79. The van der Waals surface area contributed by atoms with E-state index in [0.717, 1.165) is 89.5 Å². The zero-order valence-electron chi connectivity index (χ0n) is 21.7. The molecule has 2 bridgehead atoms. The van der Waals surface area contributed by atoms with Crippen molar-refractivity contribution in [3.05, 3.63) is 47.2 Å². The molecule has 4 N–H and O–H groups in total. The summed E-state index contributed by atoms with van der Waals surface area (Å²) in [5.41, 5.74) is 14.3. The van der Waals surface area contributed by atoms with Crippen LogP contribution >= 0.6 is 0 Å². The molecule has 0 spiro atoms. The van der Waals surface area contributed by atoms with Gasteiger partial charge in [0.2, 0.25) is 5.91 Å². The summed E-state index contributed by atoms with van der Waals surface area (Å²) in [4.78, 5) is 32.1. The highest BCUT2D eigenvalue weighted by Gasteiger charge is 2.45. The van der Waals surface area contributed by atoms with Crippen molar-refractivity contribution in [2.75, 3.05) is 12.3 Å². The lowest BCUT2D eigenvalue weighted by molar-refractivity contribution is -0.138. The first-order valence-corrected chi connectivity index (χ1v) is 13.5. The van der Waals surface area contributed by atoms with Crippen LogP contribution < -0.4 is 5.73 Å². The molecule has 2 aliphatic heterocycles. The quantitative estimate of drug-likeness (QED) is 0.372. The Bertz CT molecular complexity index is 1520. The van der Waals surface area contributed by atoms with Gasteiger partial charge in [-0.2, -0.15) is 9.61 Å². The van der Waals surface area contributed by atoms with Crippen molar-refractivity contribution in [3.63, 3.8) is 0 Å². The first kappa shape index (κ1) is 23.3. The molecule has 2 unspecified atom stereocenters. The van der Waals surface area contributed by atoms with Gasteiger partial charge in [0, 0.05) is 46.6 Å². The topological polar surface area (TPSA) is 138 Å². The van der Waals surface area contributed by atoms with Crippen LogP contribution in [-0.2, 0) is 4.79 Å². The lowest BCUT2D eigenvalue weighted by Gasteiger charge is -2.39. The fourth-order valence-corrected chi connectivity index (χ4v) is 6.60. The van der Waals surface area contributed by atoms with Crippen molar-refractivity contribution in [1.29, 1.82) is 0 Å². The number of aliphatic hydroxyl groups is 1. The number of amides is 1. The van der Waals surface area contributed by atoms with E-state index in [4.69, 9.17) is 10.7 Å². The molecule has 0 radical (unpaired) electrons. The highest BCUT2D eigenvalue weighted by Crippen LogP contribution is 2.50. The van der Waals surface area contributed by atoms with Gasteiger partial charge in [-0.25, -0.2) is 9.97 Å². The SMILES string of the molecule is Cc1nc(-c2ccc(-c3cnn4c(N)c(C5CC5)c(C5CC6CC[C@H](C5)N6C(=O)CO)nc34)cn2)[nH]c1C. The molecule has 7 rings (SSSR count). The Morgan fingerprint density at radius 2 is 1.84 bits per heavy atom. The number of piperidine rings is 1. The smallest absolute Gasteiger partial charge is 0.248 e. The zero-order chi connectivity index (χ0) is 26.1. The molecule has 4 aromatic rings. The highest BCUT2D eigenvalue weighted by atomic mass is 16.3. The number of hydrogen-bond donors (Lipinski definition) is 3. The normalized spacial score (nSPS) is 22.9. The van der Waals surface area contributed by atoms with Crippen molar-refractivity contribution >= 4 is 17.4 Å². The predicted octanol–water partition coefficient (Wildman–Crippen LogP) is 3.49. The summed E-state index contributed by atoms with van der Waals surface area (Å²) >= 11 is 0. The van der Waals surface area contributed by atoms with Crippen LogP contribution in [0.25, 0.3) is 28.3 Å². The molecule has 0 aromatic carbocycles. The maximum Gasteiger partial charge on any atom is 0.248 e. The summed E-state index contributed by atoms with van der Waals surface area (Å²) in [7, 11) is 0. The number of anilines is 1. The molecular formula is C28H32N8O2. The van der Waals surface area contributed by atoms with E-state index < -0.39 is 6.61 Å². The minimum atomic E-state index is -0.423. The van der Waals surface area contributed by atoms with E-state index in [2.05, 4.69) is 20.1 Å². The number of aromatic nitrogens is 6. The molecule has 1 aliphatic carbocycles.